The minimum Gasteiger partial charge on any atom is -0.449 e. The second-order valence-electron chi connectivity index (χ2n) is 8.17. The maximum atomic E-state index is 12.3. The molecule has 1 aromatic heterocycles. The van der Waals surface area contributed by atoms with Crippen LogP contribution >= 0.6 is 0 Å². The molecule has 3 aromatic rings. The van der Waals surface area contributed by atoms with Crippen molar-refractivity contribution in [3.05, 3.63) is 94.3 Å². The van der Waals surface area contributed by atoms with E-state index in [1.54, 1.807) is 13.0 Å². The van der Waals surface area contributed by atoms with Crippen molar-refractivity contribution in [3.8, 4) is 0 Å². The van der Waals surface area contributed by atoms with E-state index in [0.29, 0.717) is 13.1 Å². The Hall–Kier alpha value is -3.67. The van der Waals surface area contributed by atoms with Gasteiger partial charge in [0.05, 0.1) is 12.2 Å². The zero-order valence-corrected chi connectivity index (χ0v) is 19.7. The van der Waals surface area contributed by atoms with Gasteiger partial charge in [-0.05, 0) is 51.3 Å². The van der Waals surface area contributed by atoms with Crippen molar-refractivity contribution in [1.29, 1.82) is 0 Å². The molecule has 1 N–H and O–H groups in total. The first-order valence-electron chi connectivity index (χ1n) is 11.1. The Labute approximate surface area is 195 Å². The Morgan fingerprint density at radius 3 is 2.42 bits per heavy atom. The fraction of sp³-hybridized carbons (Fsp3) is 0.296. The third-order valence-corrected chi connectivity index (χ3v) is 5.49. The lowest BCUT2D eigenvalue weighted by Gasteiger charge is -2.12. The Kier molecular flexibility index (Phi) is 8.19. The highest BCUT2D eigenvalue weighted by Gasteiger charge is 2.16. The molecule has 6 heteroatoms. The van der Waals surface area contributed by atoms with Gasteiger partial charge in [-0.25, -0.2) is 4.79 Å². The Morgan fingerprint density at radius 2 is 1.73 bits per heavy atom. The van der Waals surface area contributed by atoms with E-state index in [-0.39, 0.29) is 5.91 Å². The standard InChI is InChI=1S/C27H31N3O3/c1-19-10-12-24(13-11-19)18-30-21(3)25(20(2)29-30)14-15-26(31)33-22(4)27(32)28-17-16-23-8-6-5-7-9-23/h5-15,22H,16-18H2,1-4H3,(H,28,32)/b15-14+. The normalized spacial score (nSPS) is 12.0. The predicted molar refractivity (Wildman–Crippen MR) is 130 cm³/mol. The molecular weight excluding hydrogens is 414 g/mol. The number of aromatic nitrogens is 2. The summed E-state index contributed by atoms with van der Waals surface area (Å²) in [4.78, 5) is 24.5. The highest BCUT2D eigenvalue weighted by molar-refractivity contribution is 5.90. The van der Waals surface area contributed by atoms with Gasteiger partial charge in [0.1, 0.15) is 0 Å². The van der Waals surface area contributed by atoms with E-state index in [0.717, 1.165) is 34.5 Å². The van der Waals surface area contributed by atoms with Crippen LogP contribution in [0.3, 0.4) is 0 Å². The zero-order valence-electron chi connectivity index (χ0n) is 19.7. The summed E-state index contributed by atoms with van der Waals surface area (Å²) in [5, 5.41) is 7.41. The summed E-state index contributed by atoms with van der Waals surface area (Å²) in [6, 6.07) is 18.2. The molecule has 2 aromatic carbocycles. The number of carbonyl (C=O) groups is 2. The summed E-state index contributed by atoms with van der Waals surface area (Å²) in [6.07, 6.45) is 2.90. The van der Waals surface area contributed by atoms with Crippen LogP contribution in [0.5, 0.6) is 0 Å². The van der Waals surface area contributed by atoms with Crippen LogP contribution < -0.4 is 5.32 Å². The number of carbonyl (C=O) groups excluding carboxylic acids is 2. The average molecular weight is 446 g/mol. The van der Waals surface area contributed by atoms with E-state index in [1.807, 2.05) is 48.9 Å². The summed E-state index contributed by atoms with van der Waals surface area (Å²) in [7, 11) is 0. The van der Waals surface area contributed by atoms with E-state index in [2.05, 4.69) is 41.6 Å². The largest absolute Gasteiger partial charge is 0.449 e. The number of rotatable bonds is 9. The second-order valence-corrected chi connectivity index (χ2v) is 8.17. The molecule has 0 saturated carbocycles. The molecule has 3 rings (SSSR count). The van der Waals surface area contributed by atoms with E-state index in [1.165, 1.54) is 11.6 Å². The molecule has 6 nitrogen and oxygen atoms in total. The van der Waals surface area contributed by atoms with Gasteiger partial charge in [0, 0.05) is 23.9 Å². The lowest BCUT2D eigenvalue weighted by atomic mass is 10.1. The van der Waals surface area contributed by atoms with Crippen molar-refractivity contribution in [1.82, 2.24) is 15.1 Å². The van der Waals surface area contributed by atoms with Gasteiger partial charge in [-0.1, -0.05) is 60.2 Å². The number of hydrogen-bond donors (Lipinski definition) is 1. The minimum atomic E-state index is -0.871. The number of nitrogens with zero attached hydrogens (tertiary/aromatic N) is 2. The quantitative estimate of drug-likeness (QED) is 0.397. The summed E-state index contributed by atoms with van der Waals surface area (Å²) in [5.74, 6) is -0.878. The molecule has 0 fully saturated rings. The van der Waals surface area contributed by atoms with Gasteiger partial charge in [0.25, 0.3) is 5.91 Å². The van der Waals surface area contributed by atoms with Crippen molar-refractivity contribution in [3.63, 3.8) is 0 Å². The number of esters is 1. The van der Waals surface area contributed by atoms with Crippen molar-refractivity contribution in [2.24, 2.45) is 0 Å². The smallest absolute Gasteiger partial charge is 0.331 e. The molecule has 1 unspecified atom stereocenters. The number of hydrogen-bond acceptors (Lipinski definition) is 4. The van der Waals surface area contributed by atoms with E-state index < -0.39 is 12.1 Å². The molecule has 0 aliphatic heterocycles. The molecule has 0 spiro atoms. The van der Waals surface area contributed by atoms with Crippen molar-refractivity contribution < 1.29 is 14.3 Å². The van der Waals surface area contributed by atoms with Crippen LogP contribution in [0.1, 0.15) is 40.6 Å². The number of benzene rings is 2. The summed E-state index contributed by atoms with van der Waals surface area (Å²) >= 11 is 0. The number of aryl methyl sites for hydroxylation is 2. The van der Waals surface area contributed by atoms with Crippen LogP contribution in [-0.4, -0.2) is 34.3 Å². The Balaban J connectivity index is 1.52. The average Bonchev–Trinajstić information content (AvgIpc) is 3.06. The summed E-state index contributed by atoms with van der Waals surface area (Å²) in [6.45, 7) is 8.66. The van der Waals surface area contributed by atoms with Gasteiger partial charge in [-0.3, -0.25) is 9.48 Å². The summed E-state index contributed by atoms with van der Waals surface area (Å²) in [5.41, 5.74) is 6.18. The van der Waals surface area contributed by atoms with Crippen LogP contribution in [0.25, 0.3) is 6.08 Å². The first kappa shape index (κ1) is 24.0. The number of amides is 1. The molecule has 1 heterocycles. The van der Waals surface area contributed by atoms with Gasteiger partial charge in [0.2, 0.25) is 0 Å². The van der Waals surface area contributed by atoms with E-state index >= 15 is 0 Å². The topological polar surface area (TPSA) is 73.2 Å². The fourth-order valence-corrected chi connectivity index (χ4v) is 3.51. The Morgan fingerprint density at radius 1 is 1.03 bits per heavy atom. The van der Waals surface area contributed by atoms with E-state index in [9.17, 15) is 9.59 Å². The molecule has 0 radical (unpaired) electrons. The molecular formula is C27H31N3O3. The lowest BCUT2D eigenvalue weighted by molar-refractivity contribution is -0.150. The van der Waals surface area contributed by atoms with Crippen LogP contribution in [-0.2, 0) is 27.3 Å². The number of nitrogens with one attached hydrogen (secondary N) is 1. The molecule has 0 bridgehead atoms. The van der Waals surface area contributed by atoms with Crippen LogP contribution in [0, 0.1) is 20.8 Å². The zero-order chi connectivity index (χ0) is 23.8. The lowest BCUT2D eigenvalue weighted by Crippen LogP contribution is -2.36. The monoisotopic (exact) mass is 445 g/mol. The van der Waals surface area contributed by atoms with Crippen LogP contribution in [0.2, 0.25) is 0 Å². The minimum absolute atomic E-state index is 0.314. The maximum Gasteiger partial charge on any atom is 0.331 e. The van der Waals surface area contributed by atoms with Gasteiger partial charge in [0.15, 0.2) is 6.10 Å². The van der Waals surface area contributed by atoms with Crippen molar-refractivity contribution in [2.45, 2.75) is 46.8 Å². The molecule has 0 aliphatic carbocycles. The molecule has 33 heavy (non-hydrogen) atoms. The first-order valence-corrected chi connectivity index (χ1v) is 11.1. The van der Waals surface area contributed by atoms with Gasteiger partial charge in [-0.2, -0.15) is 5.10 Å². The Bertz CT molecular complexity index is 1120. The molecule has 172 valence electrons. The van der Waals surface area contributed by atoms with Gasteiger partial charge >= 0.3 is 5.97 Å². The fourth-order valence-electron chi connectivity index (χ4n) is 3.51. The third kappa shape index (κ3) is 6.91. The van der Waals surface area contributed by atoms with Crippen molar-refractivity contribution >= 4 is 18.0 Å². The molecule has 0 saturated heterocycles. The highest BCUT2D eigenvalue weighted by atomic mass is 16.5. The highest BCUT2D eigenvalue weighted by Crippen LogP contribution is 2.17. The molecule has 1 atom stereocenters. The van der Waals surface area contributed by atoms with Gasteiger partial charge < -0.3 is 10.1 Å². The first-order chi connectivity index (χ1) is 15.8. The third-order valence-electron chi connectivity index (χ3n) is 5.49. The predicted octanol–water partition coefficient (Wildman–Crippen LogP) is 4.16. The SMILES string of the molecule is Cc1ccc(Cn2nc(C)c(/C=C/C(=O)OC(C)C(=O)NCCc3ccccc3)c2C)cc1. The van der Waals surface area contributed by atoms with Gasteiger partial charge in [-0.15, -0.1) is 0 Å². The summed E-state index contributed by atoms with van der Waals surface area (Å²) < 4.78 is 7.19. The van der Waals surface area contributed by atoms with Crippen LogP contribution in [0.4, 0.5) is 0 Å². The second kappa shape index (κ2) is 11.3. The van der Waals surface area contributed by atoms with Crippen LogP contribution in [0.15, 0.2) is 60.7 Å². The molecule has 1 amide bonds. The molecule has 0 aliphatic rings. The maximum absolute atomic E-state index is 12.3. The van der Waals surface area contributed by atoms with E-state index in [4.69, 9.17) is 4.74 Å². The number of ether oxygens (including phenoxy) is 1. The van der Waals surface area contributed by atoms with Crippen molar-refractivity contribution in [2.75, 3.05) is 6.54 Å².